The summed E-state index contributed by atoms with van der Waals surface area (Å²) in [5, 5.41) is 12.1. The van der Waals surface area contributed by atoms with Gasteiger partial charge in [0.15, 0.2) is 11.0 Å². The number of para-hydroxylation sites is 1. The molecule has 3 rings (SSSR count). The summed E-state index contributed by atoms with van der Waals surface area (Å²) in [5.41, 5.74) is 1.83. The zero-order valence-corrected chi connectivity index (χ0v) is 16.5. The van der Waals surface area contributed by atoms with E-state index < -0.39 is 0 Å². The number of nitrogens with one attached hydrogen (secondary N) is 1. The highest BCUT2D eigenvalue weighted by atomic mass is 32.2. The van der Waals surface area contributed by atoms with Gasteiger partial charge in [-0.2, -0.15) is 0 Å². The Kier molecular flexibility index (Phi) is 5.85. The molecule has 7 nitrogen and oxygen atoms in total. The number of thioether (sulfide) groups is 1. The van der Waals surface area contributed by atoms with Crippen LogP contribution in [-0.2, 0) is 11.8 Å². The summed E-state index contributed by atoms with van der Waals surface area (Å²) >= 11 is 1.34. The predicted octanol–water partition coefficient (Wildman–Crippen LogP) is 3.36. The molecule has 1 aromatic carbocycles. The molecule has 3 aromatic rings. The van der Waals surface area contributed by atoms with E-state index in [0.717, 1.165) is 22.6 Å². The van der Waals surface area contributed by atoms with Gasteiger partial charge in [-0.15, -0.1) is 10.2 Å². The Morgan fingerprint density at radius 1 is 1.33 bits per heavy atom. The van der Waals surface area contributed by atoms with Crippen molar-refractivity contribution in [2.45, 2.75) is 25.0 Å². The maximum absolute atomic E-state index is 12.4. The van der Waals surface area contributed by atoms with Crippen LogP contribution in [0.5, 0.6) is 5.75 Å². The van der Waals surface area contributed by atoms with E-state index in [-0.39, 0.29) is 17.7 Å². The summed E-state index contributed by atoms with van der Waals surface area (Å²) in [7, 11) is 3.50. The van der Waals surface area contributed by atoms with E-state index in [1.54, 1.807) is 13.4 Å². The zero-order valence-electron chi connectivity index (χ0n) is 15.7. The Bertz CT molecular complexity index is 935. The lowest BCUT2D eigenvalue weighted by molar-refractivity contribution is -0.119. The van der Waals surface area contributed by atoms with Crippen molar-refractivity contribution >= 4 is 17.7 Å². The predicted molar refractivity (Wildman–Crippen MR) is 104 cm³/mol. The number of amides is 1. The number of aryl methyl sites for hydroxylation is 1. The van der Waals surface area contributed by atoms with Gasteiger partial charge < -0.3 is 19.0 Å². The van der Waals surface area contributed by atoms with Gasteiger partial charge in [-0.25, -0.2) is 0 Å². The molecule has 2 heterocycles. The Balaban J connectivity index is 1.61. The van der Waals surface area contributed by atoms with Gasteiger partial charge in [-0.3, -0.25) is 4.79 Å². The minimum absolute atomic E-state index is 0.0811. The van der Waals surface area contributed by atoms with E-state index in [1.165, 1.54) is 11.8 Å². The van der Waals surface area contributed by atoms with Gasteiger partial charge in [0, 0.05) is 12.6 Å². The number of rotatable bonds is 7. The van der Waals surface area contributed by atoms with Crippen LogP contribution in [0.4, 0.5) is 0 Å². The smallest absolute Gasteiger partial charge is 0.230 e. The fraction of sp³-hybridized carbons (Fsp3) is 0.316. The van der Waals surface area contributed by atoms with Crippen molar-refractivity contribution in [3.63, 3.8) is 0 Å². The van der Waals surface area contributed by atoms with Crippen molar-refractivity contribution < 1.29 is 13.9 Å². The minimum Gasteiger partial charge on any atom is -0.496 e. The van der Waals surface area contributed by atoms with Gasteiger partial charge in [0.2, 0.25) is 5.91 Å². The Morgan fingerprint density at radius 3 is 2.81 bits per heavy atom. The van der Waals surface area contributed by atoms with Gasteiger partial charge >= 0.3 is 0 Å². The Morgan fingerprint density at radius 2 is 2.11 bits per heavy atom. The number of furan rings is 1. The molecule has 1 unspecified atom stereocenters. The highest BCUT2D eigenvalue weighted by Gasteiger charge is 2.17. The summed E-state index contributed by atoms with van der Waals surface area (Å²) in [5.74, 6) is 2.42. The number of ether oxygens (including phenoxy) is 1. The monoisotopic (exact) mass is 386 g/mol. The molecule has 8 heteroatoms. The number of hydrogen-bond acceptors (Lipinski definition) is 6. The molecule has 1 N–H and O–H groups in total. The molecule has 0 saturated heterocycles. The van der Waals surface area contributed by atoms with E-state index in [4.69, 9.17) is 9.15 Å². The van der Waals surface area contributed by atoms with Crippen LogP contribution in [-0.4, -0.2) is 33.5 Å². The van der Waals surface area contributed by atoms with E-state index in [9.17, 15) is 4.79 Å². The number of carbonyl (C=O) groups excluding carboxylic acids is 1. The summed E-state index contributed by atoms with van der Waals surface area (Å²) in [6.07, 6.45) is 1.62. The molecule has 142 valence electrons. The van der Waals surface area contributed by atoms with Crippen LogP contribution in [0.2, 0.25) is 0 Å². The molecular formula is C19H22N4O3S. The average Bonchev–Trinajstić information content (AvgIpc) is 3.25. The van der Waals surface area contributed by atoms with Crippen LogP contribution in [0.25, 0.3) is 11.4 Å². The quantitative estimate of drug-likeness (QED) is 0.627. The molecule has 0 spiro atoms. The SMILES string of the molecule is COc1ccccc1C(C)NC(=O)CSc1nnc(-c2ccoc2C)n1C. The Labute approximate surface area is 162 Å². The summed E-state index contributed by atoms with van der Waals surface area (Å²) in [6, 6.07) is 9.35. The first-order valence-corrected chi connectivity index (χ1v) is 9.48. The number of aromatic nitrogens is 3. The number of nitrogens with zero attached hydrogens (tertiary/aromatic N) is 3. The molecule has 0 fully saturated rings. The van der Waals surface area contributed by atoms with Crippen LogP contribution in [0, 0.1) is 6.92 Å². The number of methoxy groups -OCH3 is 1. The maximum atomic E-state index is 12.4. The second-order valence-electron chi connectivity index (χ2n) is 6.08. The van der Waals surface area contributed by atoms with E-state index in [0.29, 0.717) is 11.0 Å². The first-order chi connectivity index (χ1) is 13.0. The maximum Gasteiger partial charge on any atom is 0.230 e. The molecule has 0 aliphatic carbocycles. The van der Waals surface area contributed by atoms with Crippen molar-refractivity contribution in [1.82, 2.24) is 20.1 Å². The first kappa shape index (κ1) is 19.0. The standard InChI is InChI=1S/C19H22N4O3S/c1-12(14-7-5-6-8-16(14)25-4)20-17(24)11-27-19-22-21-18(23(19)3)15-9-10-26-13(15)2/h5-10,12H,11H2,1-4H3,(H,20,24). The zero-order chi connectivity index (χ0) is 19.4. The lowest BCUT2D eigenvalue weighted by atomic mass is 10.1. The Hall–Kier alpha value is -2.74. The van der Waals surface area contributed by atoms with E-state index in [2.05, 4.69) is 15.5 Å². The highest BCUT2D eigenvalue weighted by Crippen LogP contribution is 2.27. The number of hydrogen-bond donors (Lipinski definition) is 1. The van der Waals surface area contributed by atoms with Crippen LogP contribution in [0.1, 0.15) is 24.3 Å². The number of carbonyl (C=O) groups is 1. The first-order valence-electron chi connectivity index (χ1n) is 8.50. The molecule has 1 amide bonds. The molecule has 0 aliphatic rings. The third kappa shape index (κ3) is 4.16. The molecule has 0 saturated carbocycles. The summed E-state index contributed by atoms with van der Waals surface area (Å²) in [6.45, 7) is 3.81. The molecule has 0 aliphatic heterocycles. The second kappa shape index (κ2) is 8.30. The van der Waals surface area contributed by atoms with Crippen molar-refractivity contribution in [1.29, 1.82) is 0 Å². The van der Waals surface area contributed by atoms with Crippen molar-refractivity contribution in [3.8, 4) is 17.1 Å². The topological polar surface area (TPSA) is 82.2 Å². The lowest BCUT2D eigenvalue weighted by Gasteiger charge is -2.17. The van der Waals surface area contributed by atoms with Gasteiger partial charge in [-0.05, 0) is 26.0 Å². The van der Waals surface area contributed by atoms with Gasteiger partial charge in [0.05, 0.1) is 30.7 Å². The van der Waals surface area contributed by atoms with E-state index in [1.807, 2.05) is 55.8 Å². The van der Waals surface area contributed by atoms with Gasteiger partial charge in [0.25, 0.3) is 0 Å². The molecule has 0 radical (unpaired) electrons. The highest BCUT2D eigenvalue weighted by molar-refractivity contribution is 7.99. The molecular weight excluding hydrogens is 364 g/mol. The molecule has 2 aromatic heterocycles. The van der Waals surface area contributed by atoms with Gasteiger partial charge in [0.1, 0.15) is 11.5 Å². The second-order valence-corrected chi connectivity index (χ2v) is 7.02. The third-order valence-electron chi connectivity index (χ3n) is 4.25. The lowest BCUT2D eigenvalue weighted by Crippen LogP contribution is -2.28. The summed E-state index contributed by atoms with van der Waals surface area (Å²) < 4.78 is 12.5. The fourth-order valence-electron chi connectivity index (χ4n) is 2.81. The molecule has 1 atom stereocenters. The van der Waals surface area contributed by atoms with Crippen molar-refractivity contribution in [2.75, 3.05) is 12.9 Å². The van der Waals surface area contributed by atoms with Gasteiger partial charge in [-0.1, -0.05) is 30.0 Å². The van der Waals surface area contributed by atoms with E-state index >= 15 is 0 Å². The molecule has 0 bridgehead atoms. The number of benzene rings is 1. The van der Waals surface area contributed by atoms with Crippen molar-refractivity contribution in [2.24, 2.45) is 7.05 Å². The van der Waals surface area contributed by atoms with Crippen LogP contribution in [0.15, 0.2) is 46.2 Å². The van der Waals surface area contributed by atoms with Crippen LogP contribution >= 0.6 is 11.8 Å². The molecule has 27 heavy (non-hydrogen) atoms. The average molecular weight is 386 g/mol. The largest absolute Gasteiger partial charge is 0.496 e. The fourth-order valence-corrected chi connectivity index (χ4v) is 3.53. The van der Waals surface area contributed by atoms with Crippen LogP contribution in [0.3, 0.4) is 0 Å². The van der Waals surface area contributed by atoms with Crippen molar-refractivity contribution in [3.05, 3.63) is 47.9 Å². The third-order valence-corrected chi connectivity index (χ3v) is 5.27. The minimum atomic E-state index is -0.155. The summed E-state index contributed by atoms with van der Waals surface area (Å²) in [4.78, 5) is 12.4. The van der Waals surface area contributed by atoms with Crippen LogP contribution < -0.4 is 10.1 Å². The normalized spacial score (nSPS) is 12.0.